The molecule has 0 fully saturated rings. The average Bonchev–Trinajstić information content (AvgIpc) is 2.47. The normalized spacial score (nSPS) is 11.8. The van der Waals surface area contributed by atoms with Gasteiger partial charge in [0.1, 0.15) is 6.04 Å². The minimum absolute atomic E-state index is 0.0899. The number of hydrogen-bond donors (Lipinski definition) is 1. The average molecular weight is 254 g/mol. The lowest BCUT2D eigenvalue weighted by atomic mass is 10.0. The first-order chi connectivity index (χ1) is 9.26. The molecule has 2 aromatic rings. The summed E-state index contributed by atoms with van der Waals surface area (Å²) in [6.07, 6.45) is 0. The molecule has 2 rings (SSSR count). The number of ether oxygens (including phenoxy) is 1. The topological polar surface area (TPSA) is 62.1 Å². The fourth-order valence-electron chi connectivity index (χ4n) is 1.99. The van der Waals surface area contributed by atoms with Crippen molar-refractivity contribution in [3.63, 3.8) is 0 Å². The van der Waals surface area contributed by atoms with E-state index < -0.39 is 12.0 Å². The van der Waals surface area contributed by atoms with Crippen molar-refractivity contribution >= 4 is 16.7 Å². The molecule has 19 heavy (non-hydrogen) atoms. The lowest BCUT2D eigenvalue weighted by Crippen LogP contribution is -2.29. The zero-order chi connectivity index (χ0) is 13.7. The SMILES string of the molecule is COC(=O)[C@@H](NCC#N)c1ccc2ccccc2c1. The van der Waals surface area contributed by atoms with Gasteiger partial charge in [-0.05, 0) is 22.4 Å². The number of esters is 1. The first-order valence-corrected chi connectivity index (χ1v) is 5.93. The molecular weight excluding hydrogens is 240 g/mol. The van der Waals surface area contributed by atoms with E-state index in [1.165, 1.54) is 7.11 Å². The van der Waals surface area contributed by atoms with E-state index >= 15 is 0 Å². The minimum atomic E-state index is -0.616. The number of rotatable bonds is 4. The quantitative estimate of drug-likeness (QED) is 0.671. The van der Waals surface area contributed by atoms with Crippen LogP contribution in [0.5, 0.6) is 0 Å². The third-order valence-corrected chi connectivity index (χ3v) is 2.93. The van der Waals surface area contributed by atoms with Gasteiger partial charge in [0.05, 0.1) is 19.7 Å². The van der Waals surface area contributed by atoms with Crippen molar-refractivity contribution in [2.24, 2.45) is 0 Å². The zero-order valence-electron chi connectivity index (χ0n) is 10.6. The smallest absolute Gasteiger partial charge is 0.327 e. The number of hydrogen-bond acceptors (Lipinski definition) is 4. The largest absolute Gasteiger partial charge is 0.468 e. The number of carbonyl (C=O) groups excluding carboxylic acids is 1. The van der Waals surface area contributed by atoms with Crippen LogP contribution in [0, 0.1) is 11.3 Å². The van der Waals surface area contributed by atoms with Crippen LogP contribution in [-0.2, 0) is 9.53 Å². The van der Waals surface area contributed by atoms with Crippen molar-refractivity contribution in [2.45, 2.75) is 6.04 Å². The highest BCUT2D eigenvalue weighted by molar-refractivity contribution is 5.85. The van der Waals surface area contributed by atoms with Gasteiger partial charge in [-0.3, -0.25) is 5.32 Å². The maximum atomic E-state index is 11.8. The molecule has 0 aliphatic rings. The van der Waals surface area contributed by atoms with Gasteiger partial charge < -0.3 is 4.74 Å². The summed E-state index contributed by atoms with van der Waals surface area (Å²) in [7, 11) is 1.34. The van der Waals surface area contributed by atoms with Crippen LogP contribution < -0.4 is 5.32 Å². The molecule has 0 spiro atoms. The maximum Gasteiger partial charge on any atom is 0.327 e. The van der Waals surface area contributed by atoms with E-state index in [0.29, 0.717) is 0 Å². The summed E-state index contributed by atoms with van der Waals surface area (Å²) in [4.78, 5) is 11.8. The Morgan fingerprint density at radius 3 is 2.74 bits per heavy atom. The Kier molecular flexibility index (Phi) is 4.11. The van der Waals surface area contributed by atoms with Gasteiger partial charge in [0.15, 0.2) is 0 Å². The van der Waals surface area contributed by atoms with Gasteiger partial charge in [-0.25, -0.2) is 4.79 Å². The Morgan fingerprint density at radius 2 is 2.05 bits per heavy atom. The standard InChI is InChI=1S/C15H14N2O2/c1-19-15(18)14(17-9-8-16)13-7-6-11-4-2-3-5-12(11)10-13/h2-7,10,14,17H,9H2,1H3/t14-/m0/s1. The molecule has 1 N–H and O–H groups in total. The third-order valence-electron chi connectivity index (χ3n) is 2.93. The summed E-state index contributed by atoms with van der Waals surface area (Å²) in [5, 5.41) is 13.6. The van der Waals surface area contributed by atoms with Crippen molar-refractivity contribution in [1.29, 1.82) is 5.26 Å². The van der Waals surface area contributed by atoms with Gasteiger partial charge in [0.2, 0.25) is 0 Å². The Bertz CT molecular complexity index is 631. The van der Waals surface area contributed by atoms with Crippen LogP contribution in [0.15, 0.2) is 42.5 Å². The number of methoxy groups -OCH3 is 1. The molecule has 0 unspecified atom stereocenters. The highest BCUT2D eigenvalue weighted by atomic mass is 16.5. The molecular formula is C15H14N2O2. The molecule has 1 atom stereocenters. The Morgan fingerprint density at radius 1 is 1.32 bits per heavy atom. The van der Waals surface area contributed by atoms with Crippen LogP contribution in [0.1, 0.15) is 11.6 Å². The monoisotopic (exact) mass is 254 g/mol. The molecule has 0 saturated carbocycles. The second-order valence-electron chi connectivity index (χ2n) is 4.10. The summed E-state index contributed by atoms with van der Waals surface area (Å²) in [6, 6.07) is 15.0. The number of nitrogens with zero attached hydrogens (tertiary/aromatic N) is 1. The Labute approximate surface area is 111 Å². The number of nitrogens with one attached hydrogen (secondary N) is 1. The van der Waals surface area contributed by atoms with Gasteiger partial charge in [0, 0.05) is 0 Å². The van der Waals surface area contributed by atoms with Crippen molar-refractivity contribution in [1.82, 2.24) is 5.32 Å². The van der Waals surface area contributed by atoms with Gasteiger partial charge in [0.25, 0.3) is 0 Å². The highest BCUT2D eigenvalue weighted by Crippen LogP contribution is 2.21. The van der Waals surface area contributed by atoms with Crippen LogP contribution >= 0.6 is 0 Å². The first kappa shape index (κ1) is 13.1. The predicted octanol–water partition coefficient (Wildman–Crippen LogP) is 2.17. The maximum absolute atomic E-state index is 11.8. The number of fused-ring (bicyclic) bond motifs is 1. The third kappa shape index (κ3) is 2.90. The van der Waals surface area contributed by atoms with Gasteiger partial charge >= 0.3 is 5.97 Å². The van der Waals surface area contributed by atoms with Gasteiger partial charge in [-0.15, -0.1) is 0 Å². The molecule has 4 nitrogen and oxygen atoms in total. The van der Waals surface area contributed by atoms with Crippen LogP contribution in [0.25, 0.3) is 10.8 Å². The highest BCUT2D eigenvalue weighted by Gasteiger charge is 2.20. The summed E-state index contributed by atoms with van der Waals surface area (Å²) in [5.41, 5.74) is 0.792. The van der Waals surface area contributed by atoms with Gasteiger partial charge in [-0.1, -0.05) is 36.4 Å². The van der Waals surface area contributed by atoms with E-state index in [1.807, 2.05) is 48.5 Å². The summed E-state index contributed by atoms with van der Waals surface area (Å²) in [5.74, 6) is -0.398. The van der Waals surface area contributed by atoms with E-state index in [9.17, 15) is 4.79 Å². The fourth-order valence-corrected chi connectivity index (χ4v) is 1.99. The summed E-state index contributed by atoms with van der Waals surface area (Å²) in [6.45, 7) is 0.0899. The molecule has 0 aliphatic heterocycles. The van der Waals surface area contributed by atoms with Crippen LogP contribution in [0.3, 0.4) is 0 Å². The second-order valence-corrected chi connectivity index (χ2v) is 4.10. The van der Waals surface area contributed by atoms with Crippen molar-refractivity contribution in [2.75, 3.05) is 13.7 Å². The van der Waals surface area contributed by atoms with Crippen LogP contribution in [0.2, 0.25) is 0 Å². The Balaban J connectivity index is 2.38. The zero-order valence-corrected chi connectivity index (χ0v) is 10.6. The van der Waals surface area contributed by atoms with E-state index in [0.717, 1.165) is 16.3 Å². The molecule has 0 radical (unpaired) electrons. The van der Waals surface area contributed by atoms with E-state index in [4.69, 9.17) is 10.00 Å². The lowest BCUT2D eigenvalue weighted by molar-refractivity contribution is -0.143. The lowest BCUT2D eigenvalue weighted by Gasteiger charge is -2.15. The number of carbonyl (C=O) groups is 1. The molecule has 0 saturated heterocycles. The number of benzene rings is 2. The van der Waals surface area contributed by atoms with Crippen molar-refractivity contribution in [3.05, 3.63) is 48.0 Å². The van der Waals surface area contributed by atoms with Gasteiger partial charge in [-0.2, -0.15) is 5.26 Å². The molecule has 2 aromatic carbocycles. The molecule has 0 amide bonds. The second kappa shape index (κ2) is 5.98. The minimum Gasteiger partial charge on any atom is -0.468 e. The molecule has 0 bridgehead atoms. The molecule has 0 heterocycles. The molecule has 4 heteroatoms. The predicted molar refractivity (Wildman–Crippen MR) is 72.3 cm³/mol. The van der Waals surface area contributed by atoms with E-state index in [-0.39, 0.29) is 6.54 Å². The van der Waals surface area contributed by atoms with Crippen molar-refractivity contribution < 1.29 is 9.53 Å². The summed E-state index contributed by atoms with van der Waals surface area (Å²) < 4.78 is 4.77. The first-order valence-electron chi connectivity index (χ1n) is 5.93. The Hall–Kier alpha value is -2.38. The molecule has 0 aliphatic carbocycles. The fraction of sp³-hybridized carbons (Fsp3) is 0.200. The summed E-state index contributed by atoms with van der Waals surface area (Å²) >= 11 is 0. The molecule has 0 aromatic heterocycles. The van der Waals surface area contributed by atoms with Crippen LogP contribution in [0.4, 0.5) is 0 Å². The van der Waals surface area contributed by atoms with Crippen LogP contribution in [-0.4, -0.2) is 19.6 Å². The van der Waals surface area contributed by atoms with E-state index in [1.54, 1.807) is 0 Å². The number of nitriles is 1. The van der Waals surface area contributed by atoms with E-state index in [2.05, 4.69) is 5.32 Å². The van der Waals surface area contributed by atoms with Crippen molar-refractivity contribution in [3.8, 4) is 6.07 Å². The molecule has 96 valence electrons.